The van der Waals surface area contributed by atoms with Gasteiger partial charge in [-0.3, -0.25) is 19.5 Å². The van der Waals surface area contributed by atoms with Crippen LogP contribution < -0.4 is 4.90 Å². The molecule has 2 aromatic heterocycles. The first kappa shape index (κ1) is 17.9. The van der Waals surface area contributed by atoms with E-state index in [9.17, 15) is 9.59 Å². The molecule has 2 amide bonds. The number of pyridine rings is 1. The molecule has 27 heavy (non-hydrogen) atoms. The molecule has 0 bridgehead atoms. The summed E-state index contributed by atoms with van der Waals surface area (Å²) in [6.07, 6.45) is 7.80. The lowest BCUT2D eigenvalue weighted by Gasteiger charge is -2.46. The summed E-state index contributed by atoms with van der Waals surface area (Å²) in [4.78, 5) is 36.2. The number of rotatable bonds is 3. The van der Waals surface area contributed by atoms with Gasteiger partial charge in [0.2, 0.25) is 11.8 Å². The number of likely N-dealkylation sites (N-methyl/N-ethyl adjacent to an activating group) is 1. The summed E-state index contributed by atoms with van der Waals surface area (Å²) in [5.41, 5.74) is 0.605. The summed E-state index contributed by atoms with van der Waals surface area (Å²) >= 11 is 1.61. The minimum atomic E-state index is -0.212. The second-order valence-corrected chi connectivity index (χ2v) is 8.11. The van der Waals surface area contributed by atoms with E-state index in [1.807, 2.05) is 52.6 Å². The maximum absolute atomic E-state index is 12.6. The highest BCUT2D eigenvalue weighted by atomic mass is 32.1. The molecule has 0 saturated carbocycles. The first-order chi connectivity index (χ1) is 13.1. The van der Waals surface area contributed by atoms with Gasteiger partial charge in [-0.15, -0.1) is 11.3 Å². The predicted octanol–water partition coefficient (Wildman–Crippen LogP) is 2.11. The first-order valence-corrected chi connectivity index (χ1v) is 9.87. The zero-order chi connectivity index (χ0) is 18.9. The lowest BCUT2D eigenvalue weighted by molar-refractivity contribution is -0.126. The summed E-state index contributed by atoms with van der Waals surface area (Å²) in [5, 5.41) is 2.00. The number of carbonyl (C=O) groups is 2. The topological polar surface area (TPSA) is 56.8 Å². The van der Waals surface area contributed by atoms with E-state index >= 15 is 0 Å². The Morgan fingerprint density at radius 2 is 2.19 bits per heavy atom. The van der Waals surface area contributed by atoms with Crippen LogP contribution in [0.15, 0.2) is 48.1 Å². The van der Waals surface area contributed by atoms with E-state index < -0.39 is 0 Å². The monoisotopic (exact) mass is 382 g/mol. The normalized spacial score (nSPS) is 23.7. The van der Waals surface area contributed by atoms with Gasteiger partial charge in [-0.1, -0.05) is 6.07 Å². The van der Waals surface area contributed by atoms with E-state index in [2.05, 4.69) is 9.88 Å². The molecular formula is C20H22N4O2S. The lowest BCUT2D eigenvalue weighted by Crippen LogP contribution is -2.64. The molecule has 2 aromatic rings. The van der Waals surface area contributed by atoms with Crippen molar-refractivity contribution in [1.82, 2.24) is 14.8 Å². The highest BCUT2D eigenvalue weighted by Gasteiger charge is 2.48. The van der Waals surface area contributed by atoms with Crippen LogP contribution in [-0.4, -0.2) is 65.4 Å². The van der Waals surface area contributed by atoms with Crippen molar-refractivity contribution in [3.63, 3.8) is 0 Å². The number of hydrogen-bond donors (Lipinski definition) is 0. The fourth-order valence-corrected chi connectivity index (χ4v) is 4.46. The molecule has 2 saturated heterocycles. The Bertz CT molecular complexity index is 852. The number of carbonyl (C=O) groups excluding carboxylic acids is 2. The number of nitrogens with zero attached hydrogens (tertiary/aromatic N) is 4. The van der Waals surface area contributed by atoms with Gasteiger partial charge in [-0.25, -0.2) is 0 Å². The van der Waals surface area contributed by atoms with Gasteiger partial charge in [-0.05, 0) is 43.1 Å². The number of anilines is 1. The molecule has 4 heterocycles. The van der Waals surface area contributed by atoms with Crippen molar-refractivity contribution in [2.24, 2.45) is 0 Å². The Balaban J connectivity index is 1.49. The Morgan fingerprint density at radius 1 is 1.30 bits per heavy atom. The van der Waals surface area contributed by atoms with Crippen LogP contribution in [0.1, 0.15) is 11.3 Å². The standard InChI is InChI=1S/C20H22N4O2S/c1-22-13-19(26)24(16-4-2-9-21-12-16)15-20(22)8-10-23(14-20)18(25)7-6-17-5-3-11-27-17/h2-7,9,11-12H,8,10,13-15H2,1H3/b7-6+. The minimum absolute atomic E-state index is 0.0264. The highest BCUT2D eigenvalue weighted by Crippen LogP contribution is 2.33. The van der Waals surface area contributed by atoms with Crippen LogP contribution in [0.5, 0.6) is 0 Å². The van der Waals surface area contributed by atoms with E-state index in [4.69, 9.17) is 0 Å². The van der Waals surface area contributed by atoms with E-state index in [1.54, 1.807) is 29.8 Å². The molecule has 0 aromatic carbocycles. The lowest BCUT2D eigenvalue weighted by atomic mass is 9.92. The van der Waals surface area contributed by atoms with Crippen LogP contribution in [-0.2, 0) is 9.59 Å². The molecule has 7 heteroatoms. The summed E-state index contributed by atoms with van der Waals surface area (Å²) in [6, 6.07) is 7.71. The number of thiophene rings is 1. The number of aromatic nitrogens is 1. The Hall–Kier alpha value is -2.51. The average Bonchev–Trinajstić information content (AvgIpc) is 3.34. The quantitative estimate of drug-likeness (QED) is 0.763. The van der Waals surface area contributed by atoms with Gasteiger partial charge in [0.05, 0.1) is 24.0 Å². The number of amides is 2. The summed E-state index contributed by atoms with van der Waals surface area (Å²) in [6.45, 7) is 2.25. The fraction of sp³-hybridized carbons (Fsp3) is 0.350. The van der Waals surface area contributed by atoms with Crippen LogP contribution in [0.25, 0.3) is 6.08 Å². The zero-order valence-electron chi connectivity index (χ0n) is 15.2. The van der Waals surface area contributed by atoms with E-state index in [-0.39, 0.29) is 17.4 Å². The summed E-state index contributed by atoms with van der Waals surface area (Å²) in [5.74, 6) is 0.0944. The Morgan fingerprint density at radius 3 is 2.93 bits per heavy atom. The molecule has 2 aliphatic heterocycles. The fourth-order valence-electron chi connectivity index (χ4n) is 3.84. The third kappa shape index (κ3) is 3.52. The number of hydrogen-bond acceptors (Lipinski definition) is 5. The molecule has 1 unspecified atom stereocenters. The molecule has 6 nitrogen and oxygen atoms in total. The summed E-state index contributed by atoms with van der Waals surface area (Å²) in [7, 11) is 1.98. The van der Waals surface area contributed by atoms with Crippen molar-refractivity contribution in [3.8, 4) is 0 Å². The molecule has 1 atom stereocenters. The molecule has 2 aliphatic rings. The molecule has 0 aliphatic carbocycles. The van der Waals surface area contributed by atoms with Gasteiger partial charge in [0.25, 0.3) is 0 Å². The first-order valence-electron chi connectivity index (χ1n) is 9.00. The van der Waals surface area contributed by atoms with Crippen LogP contribution >= 0.6 is 11.3 Å². The smallest absolute Gasteiger partial charge is 0.246 e. The minimum Gasteiger partial charge on any atom is -0.337 e. The Labute approximate surface area is 162 Å². The number of piperazine rings is 1. The van der Waals surface area contributed by atoms with Crippen LogP contribution in [0.4, 0.5) is 5.69 Å². The second-order valence-electron chi connectivity index (χ2n) is 7.13. The third-order valence-electron chi connectivity index (χ3n) is 5.47. The third-order valence-corrected chi connectivity index (χ3v) is 6.31. The molecular weight excluding hydrogens is 360 g/mol. The van der Waals surface area contributed by atoms with E-state index in [0.717, 1.165) is 17.0 Å². The summed E-state index contributed by atoms with van der Waals surface area (Å²) < 4.78 is 0. The van der Waals surface area contributed by atoms with Crippen molar-refractivity contribution in [1.29, 1.82) is 0 Å². The van der Waals surface area contributed by atoms with Crippen molar-refractivity contribution in [3.05, 3.63) is 53.0 Å². The molecule has 0 N–H and O–H groups in total. The van der Waals surface area contributed by atoms with Crippen molar-refractivity contribution < 1.29 is 9.59 Å². The van der Waals surface area contributed by atoms with Crippen LogP contribution in [0, 0.1) is 0 Å². The van der Waals surface area contributed by atoms with Gasteiger partial charge in [0.1, 0.15) is 0 Å². The van der Waals surface area contributed by atoms with E-state index in [0.29, 0.717) is 26.2 Å². The largest absolute Gasteiger partial charge is 0.337 e. The number of likely N-dealkylation sites (tertiary alicyclic amines) is 1. The van der Waals surface area contributed by atoms with Gasteiger partial charge >= 0.3 is 0 Å². The molecule has 4 rings (SSSR count). The highest BCUT2D eigenvalue weighted by molar-refractivity contribution is 7.10. The van der Waals surface area contributed by atoms with Crippen molar-refractivity contribution in [2.75, 3.05) is 38.1 Å². The molecule has 0 radical (unpaired) electrons. The van der Waals surface area contributed by atoms with Crippen molar-refractivity contribution >= 4 is 34.9 Å². The van der Waals surface area contributed by atoms with Gasteiger partial charge in [0.15, 0.2) is 0 Å². The zero-order valence-corrected chi connectivity index (χ0v) is 16.1. The maximum atomic E-state index is 12.6. The van der Waals surface area contributed by atoms with Gasteiger partial charge in [0, 0.05) is 36.8 Å². The Kier molecular flexibility index (Phi) is 4.80. The predicted molar refractivity (Wildman–Crippen MR) is 107 cm³/mol. The van der Waals surface area contributed by atoms with Gasteiger partial charge in [-0.2, -0.15) is 0 Å². The molecule has 140 valence electrons. The second kappa shape index (κ2) is 7.25. The molecule has 2 fully saturated rings. The van der Waals surface area contributed by atoms with Crippen LogP contribution in [0.3, 0.4) is 0 Å². The maximum Gasteiger partial charge on any atom is 0.246 e. The SMILES string of the molecule is CN1CC(=O)N(c2cccnc2)CC12CCN(C(=O)/C=C/c1cccs1)C2. The van der Waals surface area contributed by atoms with Crippen LogP contribution in [0.2, 0.25) is 0 Å². The molecule has 1 spiro atoms. The van der Waals surface area contributed by atoms with Crippen molar-refractivity contribution in [2.45, 2.75) is 12.0 Å². The van der Waals surface area contributed by atoms with E-state index in [1.165, 1.54) is 0 Å². The van der Waals surface area contributed by atoms with Gasteiger partial charge < -0.3 is 9.80 Å². The average molecular weight is 382 g/mol.